The number of hydrogen-bond donors (Lipinski definition) is 3. The van der Waals surface area contributed by atoms with E-state index in [1.165, 1.54) is 19.2 Å². The molecule has 0 unspecified atom stereocenters. The maximum Gasteiger partial charge on any atom is 0.251 e. The maximum atomic E-state index is 13.6. The number of anilines is 3. The number of nitrogens with zero attached hydrogens (tertiary/aromatic N) is 3. The summed E-state index contributed by atoms with van der Waals surface area (Å²) < 4.78 is 18.5. The third-order valence-corrected chi connectivity index (χ3v) is 3.73. The minimum Gasteiger partial charge on any atom is -0.494 e. The highest BCUT2D eigenvalue weighted by Crippen LogP contribution is 2.17. The quantitative estimate of drug-likeness (QED) is 0.515. The van der Waals surface area contributed by atoms with Gasteiger partial charge in [0.1, 0.15) is 5.82 Å². The van der Waals surface area contributed by atoms with Gasteiger partial charge in [0.25, 0.3) is 5.91 Å². The molecule has 2 aromatic heterocycles. The van der Waals surface area contributed by atoms with Crippen LogP contribution in [0.5, 0.6) is 5.75 Å². The van der Waals surface area contributed by atoms with Gasteiger partial charge in [0, 0.05) is 24.8 Å². The van der Waals surface area contributed by atoms with E-state index >= 15 is 0 Å². The minimum atomic E-state index is -0.580. The molecule has 3 aromatic rings. The number of aromatic nitrogens is 3. The van der Waals surface area contributed by atoms with E-state index in [0.717, 1.165) is 11.8 Å². The molecule has 0 fully saturated rings. The van der Waals surface area contributed by atoms with Crippen LogP contribution in [-0.4, -0.2) is 41.3 Å². The van der Waals surface area contributed by atoms with E-state index in [1.54, 1.807) is 24.5 Å². The number of carbonyl (C=O) groups excluding carboxylic acids is 1. The number of ether oxygens (including phenoxy) is 1. The van der Waals surface area contributed by atoms with Gasteiger partial charge in [0.2, 0.25) is 0 Å². The molecule has 0 radical (unpaired) electrons. The highest BCUT2D eigenvalue weighted by atomic mass is 19.1. The van der Waals surface area contributed by atoms with Crippen LogP contribution in [0.1, 0.15) is 10.4 Å². The first-order valence-electron chi connectivity index (χ1n) is 8.52. The number of methoxy groups -OCH3 is 1. The lowest BCUT2D eigenvalue weighted by Crippen LogP contribution is -2.29. The summed E-state index contributed by atoms with van der Waals surface area (Å²) in [5, 5.41) is 17.0. The van der Waals surface area contributed by atoms with Gasteiger partial charge >= 0.3 is 0 Å². The van der Waals surface area contributed by atoms with Crippen molar-refractivity contribution in [3.05, 3.63) is 66.2 Å². The predicted molar refractivity (Wildman–Crippen MR) is 103 cm³/mol. The Kier molecular flexibility index (Phi) is 6.29. The molecular weight excluding hydrogens is 363 g/mol. The van der Waals surface area contributed by atoms with E-state index in [2.05, 4.69) is 31.1 Å². The van der Waals surface area contributed by atoms with E-state index in [-0.39, 0.29) is 17.2 Å². The Morgan fingerprint density at radius 3 is 2.61 bits per heavy atom. The fourth-order valence-corrected chi connectivity index (χ4v) is 2.35. The number of nitrogens with one attached hydrogen (secondary N) is 3. The van der Waals surface area contributed by atoms with Crippen molar-refractivity contribution in [3.63, 3.8) is 0 Å². The number of hydrogen-bond acceptors (Lipinski definition) is 7. The highest BCUT2D eigenvalue weighted by Gasteiger charge is 2.09. The molecule has 144 valence electrons. The van der Waals surface area contributed by atoms with Gasteiger partial charge in [0.15, 0.2) is 17.4 Å². The lowest BCUT2D eigenvalue weighted by molar-refractivity contribution is 0.0954. The third-order valence-electron chi connectivity index (χ3n) is 3.73. The second kappa shape index (κ2) is 9.26. The summed E-state index contributed by atoms with van der Waals surface area (Å²) in [5.74, 6) is 0.308. The molecule has 0 saturated heterocycles. The van der Waals surface area contributed by atoms with Crippen molar-refractivity contribution in [3.8, 4) is 5.75 Å². The average molecular weight is 382 g/mol. The third kappa shape index (κ3) is 5.13. The van der Waals surface area contributed by atoms with Crippen LogP contribution in [0, 0.1) is 5.82 Å². The summed E-state index contributed by atoms with van der Waals surface area (Å²) in [5.41, 5.74) is 1.04. The van der Waals surface area contributed by atoms with Gasteiger partial charge in [-0.25, -0.2) is 4.39 Å². The molecule has 0 aliphatic rings. The molecule has 9 heteroatoms. The number of amides is 1. The van der Waals surface area contributed by atoms with Crippen LogP contribution in [0.3, 0.4) is 0 Å². The van der Waals surface area contributed by atoms with Crippen LogP contribution < -0.4 is 20.7 Å². The summed E-state index contributed by atoms with van der Waals surface area (Å²) in [7, 11) is 1.37. The van der Waals surface area contributed by atoms with Crippen LogP contribution in [0.2, 0.25) is 0 Å². The zero-order chi connectivity index (χ0) is 19.8. The molecule has 2 heterocycles. The van der Waals surface area contributed by atoms with Gasteiger partial charge in [0.05, 0.1) is 19.0 Å². The minimum absolute atomic E-state index is 0.0956. The van der Waals surface area contributed by atoms with Crippen molar-refractivity contribution in [1.82, 2.24) is 20.5 Å². The fraction of sp³-hybridized carbons (Fsp3) is 0.158. The molecule has 0 aliphatic heterocycles. The maximum absolute atomic E-state index is 13.6. The molecule has 1 aromatic carbocycles. The van der Waals surface area contributed by atoms with Gasteiger partial charge in [-0.3, -0.25) is 9.78 Å². The zero-order valence-electron chi connectivity index (χ0n) is 15.1. The monoisotopic (exact) mass is 382 g/mol. The smallest absolute Gasteiger partial charge is 0.251 e. The molecule has 3 N–H and O–H groups in total. The normalized spacial score (nSPS) is 10.2. The fourth-order valence-electron chi connectivity index (χ4n) is 2.35. The summed E-state index contributed by atoms with van der Waals surface area (Å²) in [6.07, 6.45) is 3.37. The van der Waals surface area contributed by atoms with Gasteiger partial charge < -0.3 is 20.7 Å². The number of halogens is 1. The van der Waals surface area contributed by atoms with Crippen LogP contribution >= 0.6 is 0 Å². The number of pyridine rings is 1. The van der Waals surface area contributed by atoms with Crippen molar-refractivity contribution in [2.75, 3.05) is 30.8 Å². The van der Waals surface area contributed by atoms with Gasteiger partial charge in [-0.2, -0.15) is 0 Å². The number of rotatable bonds is 8. The Balaban J connectivity index is 1.43. The molecule has 0 bridgehead atoms. The van der Waals surface area contributed by atoms with Crippen LogP contribution in [0.15, 0.2) is 54.9 Å². The predicted octanol–water partition coefficient (Wildman–Crippen LogP) is 2.60. The number of carbonyl (C=O) groups is 1. The van der Waals surface area contributed by atoms with E-state index in [9.17, 15) is 9.18 Å². The average Bonchev–Trinajstić information content (AvgIpc) is 2.73. The molecule has 28 heavy (non-hydrogen) atoms. The van der Waals surface area contributed by atoms with E-state index < -0.39 is 5.82 Å². The molecular formula is C19H19FN6O2. The van der Waals surface area contributed by atoms with E-state index in [0.29, 0.717) is 24.7 Å². The lowest BCUT2D eigenvalue weighted by atomic mass is 10.2. The standard InChI is InChI=1S/C19H19FN6O2/c1-28-16-5-4-13(11-15(16)20)19(27)23-10-9-22-17-6-7-18(26-25-17)24-14-3-2-8-21-12-14/h2-8,11-12H,9-10H2,1H3,(H,22,25)(H,23,27)(H,24,26). The first-order chi connectivity index (χ1) is 13.7. The second-order valence-electron chi connectivity index (χ2n) is 5.70. The molecule has 3 rings (SSSR count). The van der Waals surface area contributed by atoms with Crippen LogP contribution in [0.25, 0.3) is 0 Å². The first kappa shape index (κ1) is 19.0. The number of benzene rings is 1. The van der Waals surface area contributed by atoms with Crippen molar-refractivity contribution in [2.24, 2.45) is 0 Å². The Labute approximate surface area is 161 Å². The van der Waals surface area contributed by atoms with E-state index in [4.69, 9.17) is 4.74 Å². The molecule has 0 atom stereocenters. The summed E-state index contributed by atoms with van der Waals surface area (Å²) in [6.45, 7) is 0.776. The van der Waals surface area contributed by atoms with Gasteiger partial charge in [-0.05, 0) is 42.5 Å². The molecule has 0 aliphatic carbocycles. The van der Waals surface area contributed by atoms with Crippen molar-refractivity contribution in [2.45, 2.75) is 0 Å². The first-order valence-corrected chi connectivity index (χ1v) is 8.52. The SMILES string of the molecule is COc1ccc(C(=O)NCCNc2ccc(Nc3cccnc3)nn2)cc1F. The molecule has 0 spiro atoms. The van der Waals surface area contributed by atoms with Crippen molar-refractivity contribution < 1.29 is 13.9 Å². The topological polar surface area (TPSA) is 101 Å². The zero-order valence-corrected chi connectivity index (χ0v) is 15.1. The Hall–Kier alpha value is -3.75. The van der Waals surface area contributed by atoms with Crippen LogP contribution in [-0.2, 0) is 0 Å². The van der Waals surface area contributed by atoms with Crippen LogP contribution in [0.4, 0.5) is 21.7 Å². The highest BCUT2D eigenvalue weighted by molar-refractivity contribution is 5.94. The Morgan fingerprint density at radius 1 is 1.11 bits per heavy atom. The largest absolute Gasteiger partial charge is 0.494 e. The van der Waals surface area contributed by atoms with Gasteiger partial charge in [-0.15, -0.1) is 10.2 Å². The second-order valence-corrected chi connectivity index (χ2v) is 5.70. The van der Waals surface area contributed by atoms with Crippen molar-refractivity contribution in [1.29, 1.82) is 0 Å². The summed E-state index contributed by atoms with van der Waals surface area (Å²) in [6, 6.07) is 11.3. The summed E-state index contributed by atoms with van der Waals surface area (Å²) >= 11 is 0. The molecule has 8 nitrogen and oxygen atoms in total. The summed E-state index contributed by atoms with van der Waals surface area (Å²) in [4.78, 5) is 16.1. The molecule has 1 amide bonds. The Bertz CT molecular complexity index is 921. The lowest BCUT2D eigenvalue weighted by Gasteiger charge is -2.09. The van der Waals surface area contributed by atoms with Gasteiger partial charge in [-0.1, -0.05) is 0 Å². The Morgan fingerprint density at radius 2 is 1.93 bits per heavy atom. The molecule has 0 saturated carbocycles. The van der Waals surface area contributed by atoms with E-state index in [1.807, 2.05) is 12.1 Å². The van der Waals surface area contributed by atoms with Crippen molar-refractivity contribution >= 4 is 23.2 Å².